The fourth-order valence-electron chi connectivity index (χ4n) is 3.79. The minimum atomic E-state index is -0.304. The highest BCUT2D eigenvalue weighted by Gasteiger charge is 2.56. The maximum Gasteiger partial charge on any atom is 0.229 e. The highest BCUT2D eigenvalue weighted by atomic mass is 32.2. The summed E-state index contributed by atoms with van der Waals surface area (Å²) in [7, 11) is 0. The summed E-state index contributed by atoms with van der Waals surface area (Å²) in [5.74, 6) is 1.09. The Morgan fingerprint density at radius 2 is 2.05 bits per heavy atom. The number of thioether (sulfide) groups is 1. The first-order valence-electron chi connectivity index (χ1n) is 7.95. The molecular weight excluding hydrogens is 286 g/mol. The third-order valence-corrected chi connectivity index (χ3v) is 6.19. The van der Waals surface area contributed by atoms with Crippen molar-refractivity contribution >= 4 is 17.7 Å². The topological polar surface area (TPSA) is 49.8 Å². The van der Waals surface area contributed by atoms with E-state index in [4.69, 9.17) is 4.74 Å². The van der Waals surface area contributed by atoms with Crippen LogP contribution >= 0.6 is 11.8 Å². The number of hydrogen-bond donors (Lipinski definition) is 1. The molecule has 4 nitrogen and oxygen atoms in total. The number of nitrogens with zero attached hydrogens (tertiary/aromatic N) is 1. The Hall–Kier alpha value is -0.260. The molecule has 1 spiro atoms. The second-order valence-electron chi connectivity index (χ2n) is 7.04. The van der Waals surface area contributed by atoms with Crippen molar-refractivity contribution in [3.63, 3.8) is 0 Å². The van der Waals surface area contributed by atoms with E-state index >= 15 is 0 Å². The summed E-state index contributed by atoms with van der Waals surface area (Å²) in [4.78, 5) is 14.6. The van der Waals surface area contributed by atoms with Crippen LogP contribution in [0.5, 0.6) is 0 Å². The number of ether oxygens (including phenoxy) is 1. The predicted molar refractivity (Wildman–Crippen MR) is 86.4 cm³/mol. The summed E-state index contributed by atoms with van der Waals surface area (Å²) in [5.41, 5.74) is -0.405. The first-order chi connectivity index (χ1) is 9.87. The van der Waals surface area contributed by atoms with Crippen molar-refractivity contribution in [2.24, 2.45) is 10.8 Å². The van der Waals surface area contributed by atoms with E-state index in [1.807, 2.05) is 31.9 Å². The van der Waals surface area contributed by atoms with E-state index in [1.165, 1.54) is 0 Å². The van der Waals surface area contributed by atoms with Crippen molar-refractivity contribution in [2.75, 3.05) is 31.7 Å². The molecule has 1 amide bonds. The molecule has 122 valence electrons. The van der Waals surface area contributed by atoms with Crippen LogP contribution in [-0.2, 0) is 9.53 Å². The molecule has 1 aliphatic carbocycles. The standard InChI is InChI=1S/C16H29NO3S/c1-5-20-13-10-12(18)16(13)6-8-17(9-7-16)14(19)15(2,3)11-21-4/h12-13,18H,5-11H2,1-4H3/t12-,13-/m0/s1. The third kappa shape index (κ3) is 3.10. The minimum Gasteiger partial charge on any atom is -0.392 e. The van der Waals surface area contributed by atoms with Crippen molar-refractivity contribution in [3.05, 3.63) is 0 Å². The Bertz CT molecular complexity index is 376. The lowest BCUT2D eigenvalue weighted by molar-refractivity contribution is -0.210. The van der Waals surface area contributed by atoms with E-state index in [0.717, 1.165) is 38.1 Å². The largest absolute Gasteiger partial charge is 0.392 e. The van der Waals surface area contributed by atoms with Gasteiger partial charge in [-0.3, -0.25) is 4.79 Å². The number of rotatable bonds is 5. The highest BCUT2D eigenvalue weighted by molar-refractivity contribution is 7.98. The van der Waals surface area contributed by atoms with Gasteiger partial charge in [0, 0.05) is 37.3 Å². The van der Waals surface area contributed by atoms with Gasteiger partial charge >= 0.3 is 0 Å². The van der Waals surface area contributed by atoms with Gasteiger partial charge in [-0.15, -0.1) is 0 Å². The normalized spacial score (nSPS) is 28.5. The van der Waals surface area contributed by atoms with Crippen molar-refractivity contribution in [1.29, 1.82) is 0 Å². The molecule has 2 aliphatic rings. The zero-order valence-electron chi connectivity index (χ0n) is 13.7. The number of piperidine rings is 1. The molecule has 1 saturated heterocycles. The summed E-state index contributed by atoms with van der Waals surface area (Å²) in [6, 6.07) is 0. The number of carbonyl (C=O) groups excluding carboxylic acids is 1. The quantitative estimate of drug-likeness (QED) is 0.844. The maximum atomic E-state index is 12.6. The number of aliphatic hydroxyl groups excluding tert-OH is 1. The molecule has 0 aromatic heterocycles. The second kappa shape index (κ2) is 6.47. The molecule has 0 bridgehead atoms. The van der Waals surface area contributed by atoms with E-state index in [0.29, 0.717) is 6.61 Å². The monoisotopic (exact) mass is 315 g/mol. The molecule has 1 aliphatic heterocycles. The Labute approximate surface area is 132 Å². The lowest BCUT2D eigenvalue weighted by atomic mass is 9.58. The number of carbonyl (C=O) groups is 1. The number of hydrogen-bond acceptors (Lipinski definition) is 4. The van der Waals surface area contributed by atoms with Crippen LogP contribution in [0.4, 0.5) is 0 Å². The lowest BCUT2D eigenvalue weighted by Crippen LogP contribution is -2.63. The zero-order chi connectivity index (χ0) is 15.7. The van der Waals surface area contributed by atoms with Gasteiger partial charge in [-0.25, -0.2) is 0 Å². The maximum absolute atomic E-state index is 12.6. The molecule has 0 aromatic rings. The average molecular weight is 315 g/mol. The molecule has 2 atom stereocenters. The molecule has 0 radical (unpaired) electrons. The summed E-state index contributed by atoms with van der Waals surface area (Å²) in [6.45, 7) is 8.24. The number of likely N-dealkylation sites (tertiary alicyclic amines) is 1. The second-order valence-corrected chi connectivity index (χ2v) is 7.90. The molecule has 2 fully saturated rings. The number of aliphatic hydroxyl groups is 1. The van der Waals surface area contributed by atoms with Gasteiger partial charge in [0.2, 0.25) is 5.91 Å². The molecule has 2 rings (SSSR count). The third-order valence-electron chi connectivity index (χ3n) is 5.18. The van der Waals surface area contributed by atoms with Crippen LogP contribution < -0.4 is 0 Å². The van der Waals surface area contributed by atoms with Crippen molar-refractivity contribution in [2.45, 2.75) is 52.2 Å². The van der Waals surface area contributed by atoms with E-state index in [1.54, 1.807) is 11.8 Å². The summed E-state index contributed by atoms with van der Waals surface area (Å²) < 4.78 is 5.78. The van der Waals surface area contributed by atoms with Crippen LogP contribution in [0, 0.1) is 10.8 Å². The first kappa shape index (κ1) is 17.1. The van der Waals surface area contributed by atoms with Gasteiger partial charge in [0.1, 0.15) is 0 Å². The SMILES string of the molecule is CCO[C@H]1C[C@H](O)C12CCN(C(=O)C(C)(C)CSC)CC2. The molecule has 0 unspecified atom stereocenters. The molecule has 21 heavy (non-hydrogen) atoms. The van der Waals surface area contributed by atoms with Gasteiger partial charge < -0.3 is 14.7 Å². The fourth-order valence-corrected chi connectivity index (χ4v) is 4.64. The van der Waals surface area contributed by atoms with Gasteiger partial charge in [-0.2, -0.15) is 11.8 Å². The van der Waals surface area contributed by atoms with E-state index in [9.17, 15) is 9.90 Å². The molecule has 5 heteroatoms. The molecular formula is C16H29NO3S. The van der Waals surface area contributed by atoms with Crippen LogP contribution in [0.25, 0.3) is 0 Å². The summed E-state index contributed by atoms with van der Waals surface area (Å²) in [6.07, 6.45) is 4.43. The fraction of sp³-hybridized carbons (Fsp3) is 0.938. The average Bonchev–Trinajstić information content (AvgIpc) is 2.46. The highest BCUT2D eigenvalue weighted by Crippen LogP contribution is 2.51. The van der Waals surface area contributed by atoms with Crippen LogP contribution in [0.15, 0.2) is 0 Å². The van der Waals surface area contributed by atoms with E-state index in [-0.39, 0.29) is 28.9 Å². The van der Waals surface area contributed by atoms with Gasteiger partial charge in [0.25, 0.3) is 0 Å². The molecule has 0 aromatic carbocycles. The Kier molecular flexibility index (Phi) is 5.27. The molecule has 1 heterocycles. The minimum absolute atomic E-state index is 0.101. The molecule has 1 saturated carbocycles. The van der Waals surface area contributed by atoms with Crippen LogP contribution in [0.3, 0.4) is 0 Å². The predicted octanol–water partition coefficient (Wildman–Crippen LogP) is 2.15. The Morgan fingerprint density at radius 1 is 1.43 bits per heavy atom. The Balaban J connectivity index is 1.95. The van der Waals surface area contributed by atoms with Gasteiger partial charge in [0.05, 0.1) is 17.6 Å². The zero-order valence-corrected chi connectivity index (χ0v) is 14.5. The first-order valence-corrected chi connectivity index (χ1v) is 9.35. The molecule has 1 N–H and O–H groups in total. The van der Waals surface area contributed by atoms with Gasteiger partial charge in [-0.1, -0.05) is 13.8 Å². The van der Waals surface area contributed by atoms with Gasteiger partial charge in [-0.05, 0) is 26.0 Å². The Morgan fingerprint density at radius 3 is 2.52 bits per heavy atom. The summed E-state index contributed by atoms with van der Waals surface area (Å²) >= 11 is 1.72. The van der Waals surface area contributed by atoms with Crippen molar-refractivity contribution in [1.82, 2.24) is 4.90 Å². The van der Waals surface area contributed by atoms with Crippen LogP contribution in [0.1, 0.15) is 40.0 Å². The van der Waals surface area contributed by atoms with E-state index in [2.05, 4.69) is 0 Å². The van der Waals surface area contributed by atoms with Crippen LogP contribution in [-0.4, -0.2) is 59.8 Å². The van der Waals surface area contributed by atoms with Crippen LogP contribution in [0.2, 0.25) is 0 Å². The lowest BCUT2D eigenvalue weighted by Gasteiger charge is -2.57. The summed E-state index contributed by atoms with van der Waals surface area (Å²) in [5, 5.41) is 10.2. The van der Waals surface area contributed by atoms with E-state index < -0.39 is 0 Å². The number of amides is 1. The van der Waals surface area contributed by atoms with Crippen molar-refractivity contribution < 1.29 is 14.6 Å². The van der Waals surface area contributed by atoms with Crippen molar-refractivity contribution in [3.8, 4) is 0 Å². The smallest absolute Gasteiger partial charge is 0.229 e. The van der Waals surface area contributed by atoms with Gasteiger partial charge in [0.15, 0.2) is 0 Å².